The van der Waals surface area contributed by atoms with Crippen LogP contribution in [0.15, 0.2) is 36.5 Å². The minimum Gasteiger partial charge on any atom is -0.394 e. The van der Waals surface area contributed by atoms with Crippen molar-refractivity contribution in [2.24, 2.45) is 5.73 Å². The number of hydrogen-bond donors (Lipinski definition) is 3. The van der Waals surface area contributed by atoms with Gasteiger partial charge in [-0.05, 0) is 5.56 Å². The number of nitrogens with one attached hydrogen (secondary N) is 1. The van der Waals surface area contributed by atoms with Crippen LogP contribution in [0.25, 0.3) is 0 Å². The Morgan fingerprint density at radius 2 is 2.16 bits per heavy atom. The first kappa shape index (κ1) is 13.2. The second kappa shape index (κ2) is 6.07. The summed E-state index contributed by atoms with van der Waals surface area (Å²) in [6.45, 7) is 0.153. The molecule has 1 aromatic heterocycles. The van der Waals surface area contributed by atoms with Crippen molar-refractivity contribution < 1.29 is 9.90 Å². The SMILES string of the molecule is N[C@@H](CO)C(=O)Nc1cn(Cc2ccccc2)nn1. The average Bonchev–Trinajstić information content (AvgIpc) is 2.86. The molecule has 0 bridgehead atoms. The molecule has 4 N–H and O–H groups in total. The molecule has 0 aliphatic rings. The molecule has 0 radical (unpaired) electrons. The van der Waals surface area contributed by atoms with Crippen LogP contribution in [0, 0.1) is 0 Å². The molecule has 1 aromatic carbocycles. The van der Waals surface area contributed by atoms with Gasteiger partial charge in [0.2, 0.25) is 5.91 Å². The van der Waals surface area contributed by atoms with Crippen molar-refractivity contribution in [2.45, 2.75) is 12.6 Å². The van der Waals surface area contributed by atoms with E-state index in [1.165, 1.54) is 0 Å². The molecule has 7 nitrogen and oxygen atoms in total. The molecular formula is C12H15N5O2. The Balaban J connectivity index is 1.98. The van der Waals surface area contributed by atoms with Gasteiger partial charge in [0.1, 0.15) is 6.04 Å². The van der Waals surface area contributed by atoms with Gasteiger partial charge in [0.05, 0.1) is 19.3 Å². The first-order valence-corrected chi connectivity index (χ1v) is 5.80. The summed E-state index contributed by atoms with van der Waals surface area (Å²) in [5.41, 5.74) is 6.46. The first-order chi connectivity index (χ1) is 9.19. The van der Waals surface area contributed by atoms with E-state index in [9.17, 15) is 4.79 Å². The Morgan fingerprint density at radius 3 is 2.84 bits per heavy atom. The molecule has 1 atom stereocenters. The smallest absolute Gasteiger partial charge is 0.244 e. The third-order valence-electron chi connectivity index (χ3n) is 2.51. The Kier molecular flexibility index (Phi) is 4.22. The van der Waals surface area contributed by atoms with Crippen molar-refractivity contribution >= 4 is 11.7 Å². The molecule has 0 aliphatic heterocycles. The summed E-state index contributed by atoms with van der Waals surface area (Å²) < 4.78 is 1.61. The maximum absolute atomic E-state index is 11.4. The molecule has 7 heteroatoms. The number of carbonyl (C=O) groups is 1. The van der Waals surface area contributed by atoms with Crippen LogP contribution in [-0.4, -0.2) is 38.7 Å². The quantitative estimate of drug-likeness (QED) is 0.678. The van der Waals surface area contributed by atoms with Crippen molar-refractivity contribution in [2.75, 3.05) is 11.9 Å². The van der Waals surface area contributed by atoms with Gasteiger partial charge in [-0.15, -0.1) is 5.10 Å². The fourth-order valence-corrected chi connectivity index (χ4v) is 1.51. The average molecular weight is 261 g/mol. The van der Waals surface area contributed by atoms with E-state index < -0.39 is 18.6 Å². The highest BCUT2D eigenvalue weighted by atomic mass is 16.3. The normalized spacial score (nSPS) is 12.1. The summed E-state index contributed by atoms with van der Waals surface area (Å²) in [5, 5.41) is 18.9. The van der Waals surface area contributed by atoms with Crippen molar-refractivity contribution in [3.63, 3.8) is 0 Å². The maximum Gasteiger partial charge on any atom is 0.244 e. The number of anilines is 1. The Labute approximate surface area is 110 Å². The second-order valence-corrected chi connectivity index (χ2v) is 4.07. The number of benzene rings is 1. The highest BCUT2D eigenvalue weighted by molar-refractivity contribution is 5.93. The Morgan fingerprint density at radius 1 is 1.42 bits per heavy atom. The minimum atomic E-state index is -0.959. The number of aliphatic hydroxyl groups is 1. The van der Waals surface area contributed by atoms with Gasteiger partial charge in [-0.25, -0.2) is 4.68 Å². The largest absolute Gasteiger partial charge is 0.394 e. The van der Waals surface area contributed by atoms with E-state index in [0.29, 0.717) is 12.4 Å². The third kappa shape index (κ3) is 3.60. The summed E-state index contributed by atoms with van der Waals surface area (Å²) in [6.07, 6.45) is 1.61. The number of aliphatic hydroxyl groups excluding tert-OH is 1. The number of rotatable bonds is 5. The molecular weight excluding hydrogens is 246 g/mol. The van der Waals surface area contributed by atoms with Crippen molar-refractivity contribution in [1.29, 1.82) is 0 Å². The van der Waals surface area contributed by atoms with E-state index in [1.54, 1.807) is 10.9 Å². The van der Waals surface area contributed by atoms with Gasteiger partial charge in [0, 0.05) is 0 Å². The van der Waals surface area contributed by atoms with Gasteiger partial charge in [-0.2, -0.15) is 0 Å². The molecule has 0 unspecified atom stereocenters. The van der Waals surface area contributed by atoms with Crippen LogP contribution < -0.4 is 11.1 Å². The fraction of sp³-hybridized carbons (Fsp3) is 0.250. The van der Waals surface area contributed by atoms with Gasteiger partial charge in [0.25, 0.3) is 0 Å². The van der Waals surface area contributed by atoms with Gasteiger partial charge < -0.3 is 16.2 Å². The lowest BCUT2D eigenvalue weighted by Gasteiger charge is -2.06. The Hall–Kier alpha value is -2.25. The van der Waals surface area contributed by atoms with Crippen LogP contribution in [0.3, 0.4) is 0 Å². The third-order valence-corrected chi connectivity index (χ3v) is 2.51. The lowest BCUT2D eigenvalue weighted by molar-refractivity contribution is -0.118. The lowest BCUT2D eigenvalue weighted by Crippen LogP contribution is -2.38. The zero-order chi connectivity index (χ0) is 13.7. The number of hydrogen-bond acceptors (Lipinski definition) is 5. The van der Waals surface area contributed by atoms with Gasteiger partial charge in [-0.1, -0.05) is 35.5 Å². The van der Waals surface area contributed by atoms with Crippen LogP contribution in [0.1, 0.15) is 5.56 Å². The summed E-state index contributed by atoms with van der Waals surface area (Å²) in [6, 6.07) is 8.81. The van der Waals surface area contributed by atoms with Crippen molar-refractivity contribution in [1.82, 2.24) is 15.0 Å². The first-order valence-electron chi connectivity index (χ1n) is 5.80. The van der Waals surface area contributed by atoms with Crippen molar-refractivity contribution in [3.8, 4) is 0 Å². The fourth-order valence-electron chi connectivity index (χ4n) is 1.51. The molecule has 1 heterocycles. The number of nitrogens with two attached hydrogens (primary N) is 1. The van der Waals surface area contributed by atoms with Gasteiger partial charge in [0.15, 0.2) is 5.82 Å². The van der Waals surface area contributed by atoms with E-state index in [2.05, 4.69) is 15.6 Å². The number of amides is 1. The lowest BCUT2D eigenvalue weighted by atomic mass is 10.2. The zero-order valence-corrected chi connectivity index (χ0v) is 10.2. The molecule has 2 aromatic rings. The Bertz CT molecular complexity index is 540. The molecule has 2 rings (SSSR count). The van der Waals surface area contributed by atoms with E-state index in [0.717, 1.165) is 5.56 Å². The van der Waals surface area contributed by atoms with Gasteiger partial charge in [-0.3, -0.25) is 4.79 Å². The molecule has 0 aliphatic carbocycles. The molecule has 0 saturated carbocycles. The number of nitrogens with zero attached hydrogens (tertiary/aromatic N) is 3. The highest BCUT2D eigenvalue weighted by Gasteiger charge is 2.13. The minimum absolute atomic E-state index is 0.310. The molecule has 0 saturated heterocycles. The van der Waals surface area contributed by atoms with Crippen LogP contribution in [0.5, 0.6) is 0 Å². The van der Waals surface area contributed by atoms with Crippen LogP contribution in [0.4, 0.5) is 5.82 Å². The standard InChI is InChI=1S/C12H15N5O2/c13-10(8-18)12(19)14-11-7-17(16-15-11)6-9-4-2-1-3-5-9/h1-5,7,10,18H,6,8,13H2,(H,14,19)/t10-/m0/s1. The van der Waals surface area contributed by atoms with Crippen LogP contribution in [0.2, 0.25) is 0 Å². The molecule has 100 valence electrons. The number of aromatic nitrogens is 3. The molecule has 1 amide bonds. The van der Waals surface area contributed by atoms with Crippen molar-refractivity contribution in [3.05, 3.63) is 42.1 Å². The summed E-state index contributed by atoms with van der Waals surface area (Å²) in [4.78, 5) is 11.4. The molecule has 0 spiro atoms. The van der Waals surface area contributed by atoms with E-state index in [-0.39, 0.29) is 0 Å². The maximum atomic E-state index is 11.4. The van der Waals surface area contributed by atoms with Gasteiger partial charge >= 0.3 is 0 Å². The summed E-state index contributed by atoms with van der Waals surface area (Å²) >= 11 is 0. The summed E-state index contributed by atoms with van der Waals surface area (Å²) in [7, 11) is 0. The molecule has 0 fully saturated rings. The monoisotopic (exact) mass is 261 g/mol. The topological polar surface area (TPSA) is 106 Å². The summed E-state index contributed by atoms with van der Waals surface area (Å²) in [5.74, 6) is -0.181. The molecule has 19 heavy (non-hydrogen) atoms. The van der Waals surface area contributed by atoms with E-state index in [4.69, 9.17) is 10.8 Å². The number of carbonyl (C=O) groups excluding carboxylic acids is 1. The predicted octanol–water partition coefficient (Wildman–Crippen LogP) is -0.416. The zero-order valence-electron chi connectivity index (χ0n) is 10.2. The highest BCUT2D eigenvalue weighted by Crippen LogP contribution is 2.05. The second-order valence-electron chi connectivity index (χ2n) is 4.07. The predicted molar refractivity (Wildman–Crippen MR) is 69.3 cm³/mol. The van der Waals surface area contributed by atoms with E-state index >= 15 is 0 Å². The van der Waals surface area contributed by atoms with E-state index in [1.807, 2.05) is 30.3 Å². The van der Waals surface area contributed by atoms with Crippen LogP contribution in [-0.2, 0) is 11.3 Å². The van der Waals surface area contributed by atoms with Crippen LogP contribution >= 0.6 is 0 Å².